The first kappa shape index (κ1) is 25.8. The molecule has 4 saturated carbocycles. The predicted octanol–water partition coefficient (Wildman–Crippen LogP) is 6.34. The van der Waals surface area contributed by atoms with Crippen LogP contribution in [0.3, 0.4) is 0 Å². The van der Waals surface area contributed by atoms with Gasteiger partial charge in [0.05, 0.1) is 11.7 Å². The van der Waals surface area contributed by atoms with Crippen LogP contribution in [0.25, 0.3) is 0 Å². The van der Waals surface area contributed by atoms with E-state index in [4.69, 9.17) is 4.74 Å². The van der Waals surface area contributed by atoms with Crippen LogP contribution in [0.4, 0.5) is 0 Å². The quantitative estimate of drug-likeness (QED) is 0.449. The predicted molar refractivity (Wildman–Crippen MR) is 138 cm³/mol. The van der Waals surface area contributed by atoms with E-state index in [0.717, 1.165) is 38.5 Å². The zero-order valence-corrected chi connectivity index (χ0v) is 22.2. The molecule has 5 heteroatoms. The zero-order valence-electron chi connectivity index (χ0n) is 22.2. The summed E-state index contributed by atoms with van der Waals surface area (Å²) < 4.78 is 6.49. The molecule has 4 aliphatic carbocycles. The van der Waals surface area contributed by atoms with E-state index in [9.17, 15) is 19.8 Å². The summed E-state index contributed by atoms with van der Waals surface area (Å²) >= 11 is 0. The van der Waals surface area contributed by atoms with Crippen LogP contribution in [0.15, 0.2) is 30.3 Å². The molecule has 0 spiro atoms. The van der Waals surface area contributed by atoms with Crippen LogP contribution in [0.2, 0.25) is 0 Å². The smallest absolute Gasteiger partial charge is 0.338 e. The molecule has 2 N–H and O–H groups in total. The van der Waals surface area contributed by atoms with Crippen LogP contribution in [0, 0.1) is 46.3 Å². The number of hydrogen-bond donors (Lipinski definition) is 2. The summed E-state index contributed by atoms with van der Waals surface area (Å²) in [6.45, 7) is 7.04. The lowest BCUT2D eigenvalue weighted by molar-refractivity contribution is -0.176. The molecule has 0 bridgehead atoms. The first-order valence-corrected chi connectivity index (χ1v) is 14.3. The topological polar surface area (TPSA) is 83.8 Å². The second-order valence-electron chi connectivity index (χ2n) is 13.0. The number of rotatable bonds is 6. The van der Waals surface area contributed by atoms with Crippen molar-refractivity contribution in [3.63, 3.8) is 0 Å². The molecular weight excluding hydrogens is 452 g/mol. The van der Waals surface area contributed by atoms with Crippen molar-refractivity contribution in [2.75, 3.05) is 0 Å². The molecule has 1 aromatic carbocycles. The number of aliphatic hydroxyl groups excluding tert-OH is 1. The fourth-order valence-electron chi connectivity index (χ4n) is 9.63. The number of aliphatic carboxylic acids is 1. The Morgan fingerprint density at radius 3 is 2.50 bits per heavy atom. The van der Waals surface area contributed by atoms with Crippen LogP contribution in [0.5, 0.6) is 0 Å². The van der Waals surface area contributed by atoms with Gasteiger partial charge in [0.2, 0.25) is 0 Å². The molecule has 0 amide bonds. The molecule has 10 atom stereocenters. The minimum atomic E-state index is -0.733. The number of fused-ring (bicyclic) bond motifs is 5. The summed E-state index contributed by atoms with van der Waals surface area (Å²) in [5.41, 5.74) is 0.649. The second kappa shape index (κ2) is 9.78. The van der Waals surface area contributed by atoms with E-state index in [0.29, 0.717) is 41.6 Å². The van der Waals surface area contributed by atoms with E-state index in [2.05, 4.69) is 20.8 Å². The number of carbonyl (C=O) groups is 2. The maximum atomic E-state index is 13.4. The third-order valence-corrected chi connectivity index (χ3v) is 11.5. The van der Waals surface area contributed by atoms with E-state index >= 15 is 0 Å². The number of carboxylic acids is 1. The maximum Gasteiger partial charge on any atom is 0.338 e. The van der Waals surface area contributed by atoms with Crippen molar-refractivity contribution in [3.05, 3.63) is 35.9 Å². The monoisotopic (exact) mass is 496 g/mol. The molecule has 0 saturated heterocycles. The second-order valence-corrected chi connectivity index (χ2v) is 13.0. The van der Waals surface area contributed by atoms with Crippen molar-refractivity contribution in [2.45, 2.75) is 97.2 Å². The number of aliphatic hydroxyl groups is 1. The molecule has 4 fully saturated rings. The minimum Gasteiger partial charge on any atom is -0.481 e. The molecule has 0 aromatic heterocycles. The first-order valence-electron chi connectivity index (χ1n) is 14.3. The average Bonchev–Trinajstić information content (AvgIpc) is 3.22. The largest absolute Gasteiger partial charge is 0.481 e. The highest BCUT2D eigenvalue weighted by Crippen LogP contribution is 2.69. The van der Waals surface area contributed by atoms with Gasteiger partial charge in [0, 0.05) is 11.8 Å². The number of carboxylic acid groups (broad SMARTS) is 1. The molecule has 0 radical (unpaired) electrons. The van der Waals surface area contributed by atoms with Crippen LogP contribution in [-0.4, -0.2) is 34.4 Å². The number of benzene rings is 1. The van der Waals surface area contributed by atoms with Crippen LogP contribution < -0.4 is 0 Å². The summed E-state index contributed by atoms with van der Waals surface area (Å²) in [7, 11) is 0. The standard InChI is InChI=1S/C31H44O5/c1-19(9-14-28(33)34)24-12-13-25-23-11-10-21-17-22(32)15-16-30(21,2)26(23)18-27(31(24,25)3)36-29(35)20-7-5-4-6-8-20/h4-8,19,21-27,32H,9-18H2,1-3H3,(H,33,34). The summed E-state index contributed by atoms with van der Waals surface area (Å²) in [6, 6.07) is 9.33. The van der Waals surface area contributed by atoms with E-state index in [1.807, 2.05) is 30.3 Å². The number of esters is 1. The van der Waals surface area contributed by atoms with E-state index in [1.165, 1.54) is 12.8 Å². The molecule has 10 unspecified atom stereocenters. The van der Waals surface area contributed by atoms with Gasteiger partial charge in [-0.25, -0.2) is 4.79 Å². The fourth-order valence-corrected chi connectivity index (χ4v) is 9.63. The number of carbonyl (C=O) groups excluding carboxylic acids is 1. The Hall–Kier alpha value is -1.88. The third kappa shape index (κ3) is 4.29. The molecule has 1 aromatic rings. The Bertz CT molecular complexity index is 961. The number of ether oxygens (including phenoxy) is 1. The van der Waals surface area contributed by atoms with Gasteiger partial charge in [0.15, 0.2) is 0 Å². The van der Waals surface area contributed by atoms with Crippen LogP contribution in [-0.2, 0) is 9.53 Å². The highest BCUT2D eigenvalue weighted by Gasteiger charge is 2.65. The van der Waals surface area contributed by atoms with Gasteiger partial charge in [-0.15, -0.1) is 0 Å². The molecule has 0 aliphatic heterocycles. The SMILES string of the molecule is CC(CCC(=O)O)C1CCC2C3CCC4CC(O)CCC4(C)C3CC(OC(=O)c3ccccc3)C12C. The van der Waals surface area contributed by atoms with Crippen molar-refractivity contribution < 1.29 is 24.5 Å². The Morgan fingerprint density at radius 1 is 1.03 bits per heavy atom. The van der Waals surface area contributed by atoms with Gasteiger partial charge in [-0.05, 0) is 111 Å². The maximum absolute atomic E-state index is 13.4. The number of hydrogen-bond acceptors (Lipinski definition) is 4. The summed E-state index contributed by atoms with van der Waals surface area (Å²) in [5, 5.41) is 19.7. The molecule has 198 valence electrons. The minimum absolute atomic E-state index is 0.138. The van der Waals surface area contributed by atoms with E-state index in [-0.39, 0.29) is 41.3 Å². The highest BCUT2D eigenvalue weighted by atomic mass is 16.5. The first-order chi connectivity index (χ1) is 17.1. The zero-order chi connectivity index (χ0) is 25.7. The lowest BCUT2D eigenvalue weighted by atomic mass is 9.43. The summed E-state index contributed by atoms with van der Waals surface area (Å²) in [6.07, 6.45) is 8.88. The van der Waals surface area contributed by atoms with Gasteiger partial charge < -0.3 is 14.9 Å². The van der Waals surface area contributed by atoms with Gasteiger partial charge in [0.25, 0.3) is 0 Å². The third-order valence-electron chi connectivity index (χ3n) is 11.5. The Balaban J connectivity index is 1.48. The van der Waals surface area contributed by atoms with Crippen molar-refractivity contribution in [1.82, 2.24) is 0 Å². The van der Waals surface area contributed by atoms with Crippen molar-refractivity contribution in [3.8, 4) is 0 Å². The molecule has 5 rings (SSSR count). The molecular formula is C31H44O5. The van der Waals surface area contributed by atoms with Crippen molar-refractivity contribution >= 4 is 11.9 Å². The van der Waals surface area contributed by atoms with Crippen LogP contribution >= 0.6 is 0 Å². The summed E-state index contributed by atoms with van der Waals surface area (Å²) in [4.78, 5) is 24.7. The normalized spacial score (nSPS) is 42.5. The average molecular weight is 497 g/mol. The molecule has 36 heavy (non-hydrogen) atoms. The lowest BCUT2D eigenvalue weighted by Crippen LogP contribution is -2.59. The van der Waals surface area contributed by atoms with Crippen molar-refractivity contribution in [1.29, 1.82) is 0 Å². The Labute approximate surface area is 216 Å². The molecule has 0 heterocycles. The van der Waals surface area contributed by atoms with Crippen LogP contribution in [0.1, 0.15) is 95.3 Å². The van der Waals surface area contributed by atoms with E-state index in [1.54, 1.807) is 0 Å². The lowest BCUT2D eigenvalue weighted by Gasteiger charge is -2.62. The van der Waals surface area contributed by atoms with Crippen molar-refractivity contribution in [2.24, 2.45) is 46.3 Å². The molecule has 5 nitrogen and oxygen atoms in total. The van der Waals surface area contributed by atoms with Gasteiger partial charge in [-0.2, -0.15) is 0 Å². The van der Waals surface area contributed by atoms with Gasteiger partial charge in [-0.3, -0.25) is 4.79 Å². The van der Waals surface area contributed by atoms with Gasteiger partial charge in [0.1, 0.15) is 6.10 Å². The van der Waals surface area contributed by atoms with Gasteiger partial charge >= 0.3 is 11.9 Å². The Morgan fingerprint density at radius 2 is 1.78 bits per heavy atom. The fraction of sp³-hybridized carbons (Fsp3) is 0.742. The summed E-state index contributed by atoms with van der Waals surface area (Å²) in [5.74, 6) is 1.83. The highest BCUT2D eigenvalue weighted by molar-refractivity contribution is 5.89. The Kier molecular flexibility index (Phi) is 6.99. The molecule has 4 aliphatic rings. The van der Waals surface area contributed by atoms with Gasteiger partial charge in [-0.1, -0.05) is 39.0 Å². The van der Waals surface area contributed by atoms with E-state index < -0.39 is 5.97 Å².